The Morgan fingerprint density at radius 1 is 1.20 bits per heavy atom. The standard InChI is InChI=1S/C14H29N/c1-6-11(2)9-14(5)15-10-12(3)7-8-13(15)4/h11-14H,6-10H2,1-5H3. The van der Waals surface area contributed by atoms with Crippen LogP contribution >= 0.6 is 0 Å². The zero-order valence-electron chi connectivity index (χ0n) is 11.3. The summed E-state index contributed by atoms with van der Waals surface area (Å²) in [6.07, 6.45) is 5.51. The monoisotopic (exact) mass is 211 g/mol. The molecule has 1 saturated heterocycles. The molecule has 0 bridgehead atoms. The van der Waals surface area contributed by atoms with Crippen LogP contribution in [0.1, 0.15) is 60.3 Å². The van der Waals surface area contributed by atoms with Gasteiger partial charge in [-0.05, 0) is 44.9 Å². The maximum atomic E-state index is 2.74. The third kappa shape index (κ3) is 3.79. The highest BCUT2D eigenvalue weighted by atomic mass is 15.2. The van der Waals surface area contributed by atoms with E-state index in [1.54, 1.807) is 0 Å². The molecule has 1 fully saturated rings. The number of piperidine rings is 1. The summed E-state index contributed by atoms with van der Waals surface area (Å²) in [5.41, 5.74) is 0. The second kappa shape index (κ2) is 5.89. The molecule has 0 radical (unpaired) electrons. The van der Waals surface area contributed by atoms with Crippen molar-refractivity contribution in [2.75, 3.05) is 6.54 Å². The molecule has 1 aliphatic heterocycles. The lowest BCUT2D eigenvalue weighted by molar-refractivity contribution is 0.0733. The Balaban J connectivity index is 2.45. The molecule has 0 saturated carbocycles. The molecule has 0 aliphatic carbocycles. The van der Waals surface area contributed by atoms with Crippen LogP contribution in [0.3, 0.4) is 0 Å². The van der Waals surface area contributed by atoms with Gasteiger partial charge < -0.3 is 0 Å². The van der Waals surface area contributed by atoms with E-state index in [9.17, 15) is 0 Å². The van der Waals surface area contributed by atoms with Crippen molar-refractivity contribution in [3.8, 4) is 0 Å². The van der Waals surface area contributed by atoms with E-state index in [1.165, 1.54) is 32.2 Å². The molecule has 1 heterocycles. The molecule has 1 nitrogen and oxygen atoms in total. The first-order chi connectivity index (χ1) is 7.04. The average Bonchev–Trinajstić information content (AvgIpc) is 2.21. The molecular weight excluding hydrogens is 182 g/mol. The second-order valence-electron chi connectivity index (χ2n) is 5.83. The van der Waals surface area contributed by atoms with Gasteiger partial charge in [-0.2, -0.15) is 0 Å². The zero-order chi connectivity index (χ0) is 11.4. The van der Waals surface area contributed by atoms with Crippen molar-refractivity contribution in [1.29, 1.82) is 0 Å². The topological polar surface area (TPSA) is 3.24 Å². The Bertz CT molecular complexity index is 178. The summed E-state index contributed by atoms with van der Waals surface area (Å²) in [7, 11) is 0. The van der Waals surface area contributed by atoms with Crippen LogP contribution in [0.4, 0.5) is 0 Å². The van der Waals surface area contributed by atoms with Crippen LogP contribution in [0.5, 0.6) is 0 Å². The van der Waals surface area contributed by atoms with Crippen LogP contribution in [0.15, 0.2) is 0 Å². The van der Waals surface area contributed by atoms with E-state index in [0.29, 0.717) is 0 Å². The summed E-state index contributed by atoms with van der Waals surface area (Å²) in [6, 6.07) is 1.58. The first-order valence-electron chi connectivity index (χ1n) is 6.80. The SMILES string of the molecule is CCC(C)CC(C)N1CC(C)CCC1C. The Labute approximate surface area is 96.2 Å². The van der Waals surface area contributed by atoms with Crippen LogP contribution in [-0.2, 0) is 0 Å². The fourth-order valence-corrected chi connectivity index (χ4v) is 2.82. The van der Waals surface area contributed by atoms with E-state index in [2.05, 4.69) is 39.5 Å². The van der Waals surface area contributed by atoms with Gasteiger partial charge in [0.25, 0.3) is 0 Å². The van der Waals surface area contributed by atoms with Crippen molar-refractivity contribution in [3.05, 3.63) is 0 Å². The van der Waals surface area contributed by atoms with Crippen molar-refractivity contribution >= 4 is 0 Å². The highest BCUT2D eigenvalue weighted by Crippen LogP contribution is 2.26. The highest BCUT2D eigenvalue weighted by Gasteiger charge is 2.26. The molecule has 4 atom stereocenters. The Kier molecular flexibility index (Phi) is 5.11. The van der Waals surface area contributed by atoms with Gasteiger partial charge in [0, 0.05) is 18.6 Å². The predicted molar refractivity (Wildman–Crippen MR) is 68.1 cm³/mol. The van der Waals surface area contributed by atoms with Crippen LogP contribution < -0.4 is 0 Å². The molecule has 1 heteroatoms. The van der Waals surface area contributed by atoms with E-state index in [1.807, 2.05) is 0 Å². The van der Waals surface area contributed by atoms with Crippen molar-refractivity contribution < 1.29 is 0 Å². The van der Waals surface area contributed by atoms with Gasteiger partial charge in [-0.25, -0.2) is 0 Å². The number of likely N-dealkylation sites (tertiary alicyclic amines) is 1. The van der Waals surface area contributed by atoms with Crippen molar-refractivity contribution in [2.45, 2.75) is 72.4 Å². The van der Waals surface area contributed by atoms with Gasteiger partial charge in [-0.15, -0.1) is 0 Å². The maximum Gasteiger partial charge on any atom is 0.00723 e. The fourth-order valence-electron chi connectivity index (χ4n) is 2.82. The molecule has 0 N–H and O–H groups in total. The van der Waals surface area contributed by atoms with Gasteiger partial charge in [-0.3, -0.25) is 4.90 Å². The normalized spacial score (nSPS) is 32.6. The summed E-state index contributed by atoms with van der Waals surface area (Å²) < 4.78 is 0. The van der Waals surface area contributed by atoms with Gasteiger partial charge in [0.15, 0.2) is 0 Å². The molecule has 15 heavy (non-hydrogen) atoms. The molecular formula is C14H29N. The zero-order valence-corrected chi connectivity index (χ0v) is 11.3. The number of nitrogens with zero attached hydrogens (tertiary/aromatic N) is 1. The summed E-state index contributed by atoms with van der Waals surface area (Å²) in [5.74, 6) is 1.78. The molecule has 0 aromatic heterocycles. The molecule has 90 valence electrons. The second-order valence-corrected chi connectivity index (χ2v) is 5.83. The van der Waals surface area contributed by atoms with Gasteiger partial charge in [-0.1, -0.05) is 27.2 Å². The smallest absolute Gasteiger partial charge is 0.00723 e. The van der Waals surface area contributed by atoms with E-state index >= 15 is 0 Å². The average molecular weight is 211 g/mol. The van der Waals surface area contributed by atoms with Crippen LogP contribution in [-0.4, -0.2) is 23.5 Å². The number of hydrogen-bond acceptors (Lipinski definition) is 1. The Hall–Kier alpha value is -0.0400. The molecule has 0 aromatic carbocycles. The largest absolute Gasteiger partial charge is 0.298 e. The lowest BCUT2D eigenvalue weighted by Gasteiger charge is -2.41. The fraction of sp³-hybridized carbons (Fsp3) is 1.00. The highest BCUT2D eigenvalue weighted by molar-refractivity contribution is 4.81. The Morgan fingerprint density at radius 2 is 1.87 bits per heavy atom. The predicted octanol–water partition coefficient (Wildman–Crippen LogP) is 3.93. The molecule has 0 aromatic rings. The van der Waals surface area contributed by atoms with Crippen molar-refractivity contribution in [3.63, 3.8) is 0 Å². The first kappa shape index (κ1) is 13.0. The lowest BCUT2D eigenvalue weighted by Crippen LogP contribution is -2.46. The van der Waals surface area contributed by atoms with Crippen LogP contribution in [0.2, 0.25) is 0 Å². The van der Waals surface area contributed by atoms with Crippen LogP contribution in [0.25, 0.3) is 0 Å². The summed E-state index contributed by atoms with van der Waals surface area (Å²) in [6.45, 7) is 13.2. The summed E-state index contributed by atoms with van der Waals surface area (Å²) >= 11 is 0. The number of rotatable bonds is 4. The maximum absolute atomic E-state index is 2.74. The molecule has 4 unspecified atom stereocenters. The molecule has 0 spiro atoms. The molecule has 1 rings (SSSR count). The van der Waals surface area contributed by atoms with E-state index in [-0.39, 0.29) is 0 Å². The first-order valence-corrected chi connectivity index (χ1v) is 6.80. The van der Waals surface area contributed by atoms with Gasteiger partial charge in [0.05, 0.1) is 0 Å². The van der Waals surface area contributed by atoms with Gasteiger partial charge in [0.2, 0.25) is 0 Å². The minimum absolute atomic E-state index is 0.776. The van der Waals surface area contributed by atoms with Gasteiger partial charge in [0.1, 0.15) is 0 Å². The van der Waals surface area contributed by atoms with Crippen molar-refractivity contribution in [2.24, 2.45) is 11.8 Å². The van der Waals surface area contributed by atoms with Crippen molar-refractivity contribution in [1.82, 2.24) is 4.90 Å². The van der Waals surface area contributed by atoms with Crippen LogP contribution in [0, 0.1) is 11.8 Å². The molecule has 0 amide bonds. The lowest BCUT2D eigenvalue weighted by atomic mass is 9.91. The summed E-state index contributed by atoms with van der Waals surface area (Å²) in [5, 5.41) is 0. The van der Waals surface area contributed by atoms with E-state index < -0.39 is 0 Å². The summed E-state index contributed by atoms with van der Waals surface area (Å²) in [4.78, 5) is 2.74. The molecule has 1 aliphatic rings. The van der Waals surface area contributed by atoms with E-state index in [0.717, 1.165) is 23.9 Å². The van der Waals surface area contributed by atoms with Gasteiger partial charge >= 0.3 is 0 Å². The third-order valence-corrected chi connectivity index (χ3v) is 4.17. The number of hydrogen-bond donors (Lipinski definition) is 0. The third-order valence-electron chi connectivity index (χ3n) is 4.17. The Morgan fingerprint density at radius 3 is 2.47 bits per heavy atom. The minimum atomic E-state index is 0.776. The van der Waals surface area contributed by atoms with E-state index in [4.69, 9.17) is 0 Å². The minimum Gasteiger partial charge on any atom is -0.298 e. The quantitative estimate of drug-likeness (QED) is 0.681.